The Labute approximate surface area is 118 Å². The molecular weight excluding hydrogens is 314 g/mol. The Morgan fingerprint density at radius 3 is 2.95 bits per heavy atom. The average Bonchev–Trinajstić information content (AvgIpc) is 2.81. The molecule has 2 aromatic rings. The van der Waals surface area contributed by atoms with Crippen LogP contribution < -0.4 is 10.9 Å². The molecule has 0 aliphatic heterocycles. The first-order valence-corrected chi connectivity index (χ1v) is 6.69. The van der Waals surface area contributed by atoms with E-state index in [0.717, 1.165) is 0 Å². The first kappa shape index (κ1) is 13.7. The fraction of sp³-hybridized carbons (Fsp3) is 0.455. The molecule has 0 amide bonds. The zero-order chi connectivity index (χ0) is 13.8. The smallest absolute Gasteiger partial charge is 0.283 e. The quantitative estimate of drug-likeness (QED) is 0.892. The van der Waals surface area contributed by atoms with E-state index >= 15 is 0 Å². The molecule has 2 aromatic heterocycles. The highest BCUT2D eigenvalue weighted by atomic mass is 79.9. The Bertz CT molecular complexity index is 622. The number of hydrogen-bond donors (Lipinski definition) is 1. The predicted molar refractivity (Wildman–Crippen MR) is 73.1 cm³/mol. The molecule has 0 unspecified atom stereocenters. The van der Waals surface area contributed by atoms with Crippen molar-refractivity contribution in [2.75, 3.05) is 11.9 Å². The topological polar surface area (TPSA) is 85.8 Å². The van der Waals surface area contributed by atoms with Crippen molar-refractivity contribution in [1.82, 2.24) is 19.9 Å². The van der Waals surface area contributed by atoms with E-state index in [4.69, 9.17) is 4.52 Å². The van der Waals surface area contributed by atoms with E-state index in [9.17, 15) is 4.79 Å². The van der Waals surface area contributed by atoms with Crippen LogP contribution in [0.25, 0.3) is 0 Å². The van der Waals surface area contributed by atoms with E-state index in [1.54, 1.807) is 13.1 Å². The fourth-order valence-electron chi connectivity index (χ4n) is 1.56. The minimum Gasteiger partial charge on any atom is -0.382 e. The van der Waals surface area contributed by atoms with Crippen molar-refractivity contribution in [3.63, 3.8) is 0 Å². The lowest BCUT2D eigenvalue weighted by atomic mass is 10.4. The number of aryl methyl sites for hydroxylation is 2. The summed E-state index contributed by atoms with van der Waals surface area (Å²) in [6.45, 7) is 4.76. The maximum absolute atomic E-state index is 11.8. The molecule has 0 spiro atoms. The van der Waals surface area contributed by atoms with E-state index in [0.29, 0.717) is 41.4 Å². The second-order valence-electron chi connectivity index (χ2n) is 3.91. The van der Waals surface area contributed by atoms with Gasteiger partial charge in [0.2, 0.25) is 5.89 Å². The number of hydrogen-bond acceptors (Lipinski definition) is 6. The van der Waals surface area contributed by atoms with Gasteiger partial charge in [-0.15, -0.1) is 0 Å². The summed E-state index contributed by atoms with van der Waals surface area (Å²) in [6, 6.07) is 0. The van der Waals surface area contributed by atoms with Crippen LogP contribution >= 0.6 is 15.9 Å². The van der Waals surface area contributed by atoms with Crippen LogP contribution in [0.15, 0.2) is 20.0 Å². The molecule has 0 saturated carbocycles. The molecule has 2 rings (SSSR count). The van der Waals surface area contributed by atoms with E-state index < -0.39 is 0 Å². The summed E-state index contributed by atoms with van der Waals surface area (Å²) in [5.74, 6) is 1.18. The van der Waals surface area contributed by atoms with Gasteiger partial charge in [0.25, 0.3) is 5.56 Å². The van der Waals surface area contributed by atoms with Gasteiger partial charge in [-0.25, -0.2) is 4.68 Å². The van der Waals surface area contributed by atoms with Gasteiger partial charge in [-0.05, 0) is 29.8 Å². The van der Waals surface area contributed by atoms with Crippen molar-refractivity contribution in [3.8, 4) is 0 Å². The molecule has 102 valence electrons. The number of halogens is 1. The largest absolute Gasteiger partial charge is 0.382 e. The van der Waals surface area contributed by atoms with Gasteiger partial charge < -0.3 is 9.84 Å². The Morgan fingerprint density at radius 2 is 2.32 bits per heavy atom. The standard InChI is InChI=1S/C11H14BrN5O2/c1-3-17-11(18)10(12)8(6-14-17)13-5-4-9-15-7(2)16-19-9/h6,13H,3-5H2,1-2H3. The molecule has 0 aliphatic rings. The molecule has 1 N–H and O–H groups in total. The van der Waals surface area contributed by atoms with Gasteiger partial charge in [-0.1, -0.05) is 5.16 Å². The molecule has 7 nitrogen and oxygen atoms in total. The van der Waals surface area contributed by atoms with Gasteiger partial charge in [0.05, 0.1) is 11.9 Å². The van der Waals surface area contributed by atoms with Crippen molar-refractivity contribution in [2.45, 2.75) is 26.8 Å². The van der Waals surface area contributed by atoms with E-state index in [-0.39, 0.29) is 5.56 Å². The Balaban J connectivity index is 2.00. The summed E-state index contributed by atoms with van der Waals surface area (Å²) < 4.78 is 6.86. The second kappa shape index (κ2) is 5.96. The maximum Gasteiger partial charge on any atom is 0.283 e. The van der Waals surface area contributed by atoms with Gasteiger partial charge in [0, 0.05) is 19.5 Å². The summed E-state index contributed by atoms with van der Waals surface area (Å²) in [5.41, 5.74) is 0.507. The summed E-state index contributed by atoms with van der Waals surface area (Å²) in [5, 5.41) is 10.9. The molecule has 2 heterocycles. The number of aromatic nitrogens is 4. The summed E-state index contributed by atoms with van der Waals surface area (Å²) in [7, 11) is 0. The van der Waals surface area contributed by atoms with E-state index in [1.165, 1.54) is 4.68 Å². The third kappa shape index (κ3) is 3.19. The Hall–Kier alpha value is -1.70. The van der Waals surface area contributed by atoms with Gasteiger partial charge in [0.15, 0.2) is 5.82 Å². The first-order chi connectivity index (χ1) is 9.11. The summed E-state index contributed by atoms with van der Waals surface area (Å²) >= 11 is 3.28. The van der Waals surface area contributed by atoms with Gasteiger partial charge >= 0.3 is 0 Å². The summed E-state index contributed by atoms with van der Waals surface area (Å²) in [6.07, 6.45) is 2.21. The van der Waals surface area contributed by atoms with Crippen LogP contribution in [-0.2, 0) is 13.0 Å². The molecule has 0 radical (unpaired) electrons. The zero-order valence-corrected chi connectivity index (χ0v) is 12.3. The minimum atomic E-state index is -0.152. The zero-order valence-electron chi connectivity index (χ0n) is 10.7. The molecule has 0 saturated heterocycles. The van der Waals surface area contributed by atoms with Gasteiger partial charge in [0.1, 0.15) is 4.47 Å². The monoisotopic (exact) mass is 327 g/mol. The molecule has 19 heavy (non-hydrogen) atoms. The maximum atomic E-state index is 11.8. The van der Waals surface area contributed by atoms with Crippen LogP contribution in [0.5, 0.6) is 0 Å². The minimum absolute atomic E-state index is 0.152. The highest BCUT2D eigenvalue weighted by molar-refractivity contribution is 9.10. The van der Waals surface area contributed by atoms with Gasteiger partial charge in [-0.3, -0.25) is 4.79 Å². The van der Waals surface area contributed by atoms with Crippen molar-refractivity contribution in [3.05, 3.63) is 32.7 Å². The van der Waals surface area contributed by atoms with E-state index in [1.807, 2.05) is 6.92 Å². The predicted octanol–water partition coefficient (Wildman–Crippen LogP) is 1.37. The SMILES string of the molecule is CCn1ncc(NCCc2nc(C)no2)c(Br)c1=O. The lowest BCUT2D eigenvalue weighted by Crippen LogP contribution is -2.24. The molecule has 0 bridgehead atoms. The number of nitrogens with zero attached hydrogens (tertiary/aromatic N) is 4. The van der Waals surface area contributed by atoms with Crippen LogP contribution in [-0.4, -0.2) is 26.5 Å². The van der Waals surface area contributed by atoms with Crippen molar-refractivity contribution in [1.29, 1.82) is 0 Å². The third-order valence-electron chi connectivity index (χ3n) is 2.51. The van der Waals surface area contributed by atoms with Crippen LogP contribution in [0.4, 0.5) is 5.69 Å². The van der Waals surface area contributed by atoms with Gasteiger partial charge in [-0.2, -0.15) is 10.1 Å². The Kier molecular flexibility index (Phi) is 4.31. The molecule has 0 fully saturated rings. The molecule has 0 atom stereocenters. The second-order valence-corrected chi connectivity index (χ2v) is 4.70. The fourth-order valence-corrected chi connectivity index (χ4v) is 2.01. The van der Waals surface area contributed by atoms with Crippen molar-refractivity contribution >= 4 is 21.6 Å². The lowest BCUT2D eigenvalue weighted by molar-refractivity contribution is 0.377. The van der Waals surface area contributed by atoms with E-state index in [2.05, 4.69) is 36.5 Å². The first-order valence-electron chi connectivity index (χ1n) is 5.90. The highest BCUT2D eigenvalue weighted by Gasteiger charge is 2.08. The highest BCUT2D eigenvalue weighted by Crippen LogP contribution is 2.15. The van der Waals surface area contributed by atoms with Crippen LogP contribution in [0, 0.1) is 6.92 Å². The number of nitrogens with one attached hydrogen (secondary N) is 1. The summed E-state index contributed by atoms with van der Waals surface area (Å²) in [4.78, 5) is 15.9. The Morgan fingerprint density at radius 1 is 1.53 bits per heavy atom. The molecule has 0 aliphatic carbocycles. The normalized spacial score (nSPS) is 10.7. The van der Waals surface area contributed by atoms with Crippen molar-refractivity contribution in [2.24, 2.45) is 0 Å². The average molecular weight is 328 g/mol. The van der Waals surface area contributed by atoms with Crippen LogP contribution in [0.2, 0.25) is 0 Å². The molecule has 8 heteroatoms. The number of anilines is 1. The van der Waals surface area contributed by atoms with Crippen molar-refractivity contribution < 1.29 is 4.52 Å². The van der Waals surface area contributed by atoms with Crippen LogP contribution in [0.1, 0.15) is 18.6 Å². The lowest BCUT2D eigenvalue weighted by Gasteiger charge is -2.08. The number of rotatable bonds is 5. The molecule has 0 aromatic carbocycles. The molecular formula is C11H14BrN5O2. The van der Waals surface area contributed by atoms with Crippen LogP contribution in [0.3, 0.4) is 0 Å². The third-order valence-corrected chi connectivity index (χ3v) is 3.27.